The second kappa shape index (κ2) is 5.47. The lowest BCUT2D eigenvalue weighted by atomic mass is 10.3. The van der Waals surface area contributed by atoms with E-state index < -0.39 is 0 Å². The SMILES string of the molecule is Cc1cc(Sc2nc[nH][n+]2-c2ccccc2)[n+]2[nH]c(C)nc2n1. The third-order valence-electron chi connectivity index (χ3n) is 3.33. The predicted molar refractivity (Wildman–Crippen MR) is 83.3 cm³/mol. The number of nitrogens with one attached hydrogen (secondary N) is 2. The molecular formula is C15H15N7S+2. The van der Waals surface area contributed by atoms with E-state index >= 15 is 0 Å². The van der Waals surface area contributed by atoms with Gasteiger partial charge in [0.25, 0.3) is 0 Å². The maximum Gasteiger partial charge on any atom is 0.458 e. The molecule has 114 valence electrons. The molecule has 0 bridgehead atoms. The van der Waals surface area contributed by atoms with Crippen molar-refractivity contribution in [1.29, 1.82) is 0 Å². The summed E-state index contributed by atoms with van der Waals surface area (Å²) in [7, 11) is 0. The number of rotatable bonds is 3. The molecule has 7 nitrogen and oxygen atoms in total. The smallest absolute Gasteiger partial charge is 0.214 e. The maximum absolute atomic E-state index is 4.44. The summed E-state index contributed by atoms with van der Waals surface area (Å²) in [6, 6.07) is 12.1. The molecule has 3 heterocycles. The second-order valence-electron chi connectivity index (χ2n) is 5.12. The number of aromatic amines is 2. The van der Waals surface area contributed by atoms with Crippen molar-refractivity contribution in [2.75, 3.05) is 0 Å². The molecule has 0 saturated carbocycles. The van der Waals surface area contributed by atoms with Crippen molar-refractivity contribution in [3.05, 3.63) is 54.2 Å². The first kappa shape index (κ1) is 13.9. The zero-order chi connectivity index (χ0) is 15.8. The molecule has 1 aromatic carbocycles. The molecule has 3 aromatic heterocycles. The van der Waals surface area contributed by atoms with E-state index in [1.807, 2.05) is 59.4 Å². The van der Waals surface area contributed by atoms with Gasteiger partial charge in [-0.05, 0) is 24.0 Å². The molecule has 4 rings (SSSR count). The van der Waals surface area contributed by atoms with Gasteiger partial charge in [-0.2, -0.15) is 5.10 Å². The molecule has 8 heteroatoms. The van der Waals surface area contributed by atoms with Crippen LogP contribution in [0.3, 0.4) is 0 Å². The molecule has 0 spiro atoms. The molecule has 2 N–H and O–H groups in total. The Morgan fingerprint density at radius 2 is 1.91 bits per heavy atom. The van der Waals surface area contributed by atoms with Gasteiger partial charge >= 0.3 is 10.9 Å². The Kier molecular flexibility index (Phi) is 3.30. The molecule has 0 unspecified atom stereocenters. The molecule has 0 fully saturated rings. The van der Waals surface area contributed by atoms with Gasteiger partial charge in [-0.25, -0.2) is 5.10 Å². The van der Waals surface area contributed by atoms with Crippen molar-refractivity contribution >= 4 is 17.5 Å². The number of aromatic nitrogens is 7. The van der Waals surface area contributed by atoms with E-state index in [2.05, 4.69) is 25.1 Å². The van der Waals surface area contributed by atoms with Crippen LogP contribution in [0.5, 0.6) is 0 Å². The van der Waals surface area contributed by atoms with Crippen LogP contribution in [0, 0.1) is 13.8 Å². The number of benzene rings is 1. The van der Waals surface area contributed by atoms with Crippen molar-refractivity contribution < 1.29 is 9.20 Å². The van der Waals surface area contributed by atoms with Crippen molar-refractivity contribution in [2.24, 2.45) is 0 Å². The Morgan fingerprint density at radius 1 is 1.09 bits per heavy atom. The first-order valence-corrected chi connectivity index (χ1v) is 7.97. The van der Waals surface area contributed by atoms with E-state index in [-0.39, 0.29) is 0 Å². The Morgan fingerprint density at radius 3 is 2.74 bits per heavy atom. The molecule has 0 amide bonds. The summed E-state index contributed by atoms with van der Waals surface area (Å²) in [5.41, 5.74) is 1.95. The summed E-state index contributed by atoms with van der Waals surface area (Å²) >= 11 is 1.55. The van der Waals surface area contributed by atoms with Crippen LogP contribution < -0.4 is 9.20 Å². The van der Waals surface area contributed by atoms with Crippen molar-refractivity contribution in [3.8, 4) is 5.69 Å². The summed E-state index contributed by atoms with van der Waals surface area (Å²) in [5.74, 6) is 1.48. The molecule has 23 heavy (non-hydrogen) atoms. The summed E-state index contributed by atoms with van der Waals surface area (Å²) in [5, 5.41) is 8.16. The van der Waals surface area contributed by atoms with Gasteiger partial charge in [0, 0.05) is 24.8 Å². The fourth-order valence-corrected chi connectivity index (χ4v) is 3.35. The van der Waals surface area contributed by atoms with Crippen LogP contribution in [0.15, 0.2) is 52.9 Å². The van der Waals surface area contributed by atoms with Crippen LogP contribution in [0.4, 0.5) is 0 Å². The molecule has 0 atom stereocenters. The lowest BCUT2D eigenvalue weighted by Gasteiger charge is -1.98. The molecule has 0 radical (unpaired) electrons. The molecule has 0 aliphatic carbocycles. The lowest BCUT2D eigenvalue weighted by Crippen LogP contribution is -2.35. The second-order valence-corrected chi connectivity index (χ2v) is 6.11. The van der Waals surface area contributed by atoms with Crippen molar-refractivity contribution in [2.45, 2.75) is 24.0 Å². The molecule has 0 aliphatic rings. The zero-order valence-electron chi connectivity index (χ0n) is 12.7. The van der Waals surface area contributed by atoms with E-state index in [1.54, 1.807) is 18.1 Å². The quantitative estimate of drug-likeness (QED) is 0.440. The van der Waals surface area contributed by atoms with Crippen LogP contribution >= 0.6 is 11.8 Å². The monoisotopic (exact) mass is 325 g/mol. The largest absolute Gasteiger partial charge is 0.458 e. The van der Waals surface area contributed by atoms with Gasteiger partial charge in [0.2, 0.25) is 12.2 Å². The number of aryl methyl sites for hydroxylation is 2. The minimum atomic E-state index is 0.659. The van der Waals surface area contributed by atoms with Crippen molar-refractivity contribution in [1.82, 2.24) is 25.1 Å². The summed E-state index contributed by atoms with van der Waals surface area (Å²) < 4.78 is 3.81. The third kappa shape index (κ3) is 2.57. The first-order chi connectivity index (χ1) is 11.2. The van der Waals surface area contributed by atoms with Crippen LogP contribution in [-0.4, -0.2) is 25.1 Å². The summed E-state index contributed by atoms with van der Waals surface area (Å²) in [6.07, 6.45) is 1.68. The van der Waals surface area contributed by atoms with Crippen LogP contribution in [-0.2, 0) is 0 Å². The first-order valence-electron chi connectivity index (χ1n) is 7.15. The van der Waals surface area contributed by atoms with E-state index in [1.165, 1.54) is 0 Å². The highest BCUT2D eigenvalue weighted by Crippen LogP contribution is 2.21. The minimum Gasteiger partial charge on any atom is -0.214 e. The van der Waals surface area contributed by atoms with Gasteiger partial charge in [0.15, 0.2) is 10.7 Å². The highest BCUT2D eigenvalue weighted by molar-refractivity contribution is 7.98. The zero-order valence-corrected chi connectivity index (χ0v) is 13.5. The Balaban J connectivity index is 1.79. The number of fused-ring (bicyclic) bond motifs is 1. The highest BCUT2D eigenvalue weighted by Gasteiger charge is 2.24. The normalized spacial score (nSPS) is 11.2. The molecule has 0 saturated heterocycles. The Hall–Kier alpha value is -2.74. The van der Waals surface area contributed by atoms with E-state index in [0.717, 1.165) is 27.4 Å². The standard InChI is InChI=1S/C15H13N7S/c1-10-8-13(22-14(18-10)19-11(2)20-22)23-15-16-9-17-21(15)12-6-4-3-5-7-12/h3-9H,1-2H3/p+2. The number of hydrogen-bond donors (Lipinski definition) is 2. The summed E-state index contributed by atoms with van der Waals surface area (Å²) in [4.78, 5) is 13.3. The van der Waals surface area contributed by atoms with E-state index in [9.17, 15) is 0 Å². The summed E-state index contributed by atoms with van der Waals surface area (Å²) in [6.45, 7) is 3.88. The topological polar surface area (TPSA) is 78.2 Å². The van der Waals surface area contributed by atoms with Gasteiger partial charge in [0.1, 0.15) is 5.69 Å². The predicted octanol–water partition coefficient (Wildman–Crippen LogP) is 1.31. The van der Waals surface area contributed by atoms with Crippen molar-refractivity contribution in [3.63, 3.8) is 0 Å². The fourth-order valence-electron chi connectivity index (χ4n) is 2.36. The molecular weight excluding hydrogens is 310 g/mol. The Labute approximate surface area is 136 Å². The maximum atomic E-state index is 4.44. The fraction of sp³-hybridized carbons (Fsp3) is 0.133. The number of hydrogen-bond acceptors (Lipinski definition) is 4. The van der Waals surface area contributed by atoms with Gasteiger partial charge in [0.05, 0.1) is 0 Å². The average molecular weight is 325 g/mol. The Bertz CT molecular complexity index is 974. The van der Waals surface area contributed by atoms with Crippen LogP contribution in [0.1, 0.15) is 11.5 Å². The van der Waals surface area contributed by atoms with E-state index in [0.29, 0.717) is 5.78 Å². The average Bonchev–Trinajstić information content (AvgIpc) is 3.14. The molecule has 4 aromatic rings. The number of para-hydroxylation sites is 1. The number of nitrogens with zero attached hydrogens (tertiary/aromatic N) is 5. The minimum absolute atomic E-state index is 0.659. The lowest BCUT2D eigenvalue weighted by molar-refractivity contribution is -0.695. The highest BCUT2D eigenvalue weighted by atomic mass is 32.2. The van der Waals surface area contributed by atoms with Crippen LogP contribution in [0.2, 0.25) is 0 Å². The van der Waals surface area contributed by atoms with Crippen LogP contribution in [0.25, 0.3) is 11.5 Å². The molecule has 0 aliphatic heterocycles. The van der Waals surface area contributed by atoms with Gasteiger partial charge < -0.3 is 0 Å². The third-order valence-corrected chi connectivity index (χ3v) is 4.31. The van der Waals surface area contributed by atoms with E-state index in [4.69, 9.17) is 0 Å². The number of H-pyrrole nitrogens is 2. The van der Waals surface area contributed by atoms with Gasteiger partial charge in [-0.3, -0.25) is 0 Å². The van der Waals surface area contributed by atoms with Gasteiger partial charge in [-0.1, -0.05) is 28.2 Å². The van der Waals surface area contributed by atoms with Gasteiger partial charge in [-0.15, -0.1) is 9.20 Å².